The molecule has 2 amide bonds. The summed E-state index contributed by atoms with van der Waals surface area (Å²) in [5, 5.41) is 5.69. The van der Waals surface area contributed by atoms with Gasteiger partial charge in [-0.25, -0.2) is 9.37 Å². The van der Waals surface area contributed by atoms with Gasteiger partial charge in [0.2, 0.25) is 11.8 Å². The standard InChI is InChI=1S/C23H21FN4O3S/c1-12-6-7-17(13(2)8-12)25-21(30)16-10-18(29)26-20-19(16)22(31)28-23(27-20)32-11-14-4-3-5-15(24)9-14/h3-9,16H,10-11H2,1-2H3,(H,25,30)(H2,26,27,28,29,31)/t16-/m1/s1. The predicted octanol–water partition coefficient (Wildman–Crippen LogP) is 3.88. The van der Waals surface area contributed by atoms with Crippen LogP contribution in [0.15, 0.2) is 52.4 Å². The summed E-state index contributed by atoms with van der Waals surface area (Å²) in [6.07, 6.45) is -0.149. The summed E-state index contributed by atoms with van der Waals surface area (Å²) >= 11 is 1.20. The second kappa shape index (κ2) is 8.96. The van der Waals surface area contributed by atoms with Gasteiger partial charge in [-0.15, -0.1) is 0 Å². The first-order valence-corrected chi connectivity index (χ1v) is 11.0. The van der Waals surface area contributed by atoms with Crippen molar-refractivity contribution < 1.29 is 14.0 Å². The van der Waals surface area contributed by atoms with Gasteiger partial charge in [-0.3, -0.25) is 14.4 Å². The first kappa shape index (κ1) is 21.8. The van der Waals surface area contributed by atoms with Crippen LogP contribution in [0.25, 0.3) is 0 Å². The maximum atomic E-state index is 13.4. The van der Waals surface area contributed by atoms with Crippen molar-refractivity contribution in [2.24, 2.45) is 0 Å². The first-order valence-electron chi connectivity index (χ1n) is 9.99. The summed E-state index contributed by atoms with van der Waals surface area (Å²) < 4.78 is 13.4. The molecule has 7 nitrogen and oxygen atoms in total. The third kappa shape index (κ3) is 4.72. The average Bonchev–Trinajstić information content (AvgIpc) is 2.73. The van der Waals surface area contributed by atoms with Crippen molar-refractivity contribution in [1.29, 1.82) is 0 Å². The van der Waals surface area contributed by atoms with Crippen LogP contribution in [0.1, 0.15) is 34.6 Å². The highest BCUT2D eigenvalue weighted by molar-refractivity contribution is 7.98. The molecule has 0 saturated heterocycles. The van der Waals surface area contributed by atoms with Crippen molar-refractivity contribution in [2.75, 3.05) is 10.6 Å². The molecule has 0 fully saturated rings. The lowest BCUT2D eigenvalue weighted by Crippen LogP contribution is -2.36. The van der Waals surface area contributed by atoms with Gasteiger partial charge in [-0.1, -0.05) is 41.6 Å². The Morgan fingerprint density at radius 1 is 1.22 bits per heavy atom. The Balaban J connectivity index is 1.58. The van der Waals surface area contributed by atoms with E-state index in [0.29, 0.717) is 11.4 Å². The van der Waals surface area contributed by atoms with Crippen molar-refractivity contribution in [1.82, 2.24) is 9.97 Å². The van der Waals surface area contributed by atoms with E-state index in [1.807, 2.05) is 26.0 Å². The number of carbonyl (C=O) groups is 2. The van der Waals surface area contributed by atoms with Crippen LogP contribution in [0.3, 0.4) is 0 Å². The van der Waals surface area contributed by atoms with Crippen molar-refractivity contribution in [3.8, 4) is 0 Å². The number of anilines is 2. The van der Waals surface area contributed by atoms with E-state index in [1.165, 1.54) is 23.9 Å². The normalized spacial score (nSPS) is 15.1. The van der Waals surface area contributed by atoms with E-state index in [2.05, 4.69) is 20.6 Å². The molecule has 0 unspecified atom stereocenters. The molecule has 1 aromatic heterocycles. The van der Waals surface area contributed by atoms with Gasteiger partial charge >= 0.3 is 0 Å². The Labute approximate surface area is 187 Å². The van der Waals surface area contributed by atoms with Crippen LogP contribution in [0.2, 0.25) is 0 Å². The lowest BCUT2D eigenvalue weighted by molar-refractivity contribution is -0.123. The number of hydrogen-bond donors (Lipinski definition) is 3. The van der Waals surface area contributed by atoms with Gasteiger partial charge in [0.25, 0.3) is 5.56 Å². The molecule has 0 bridgehead atoms. The zero-order valence-corrected chi connectivity index (χ0v) is 18.3. The zero-order valence-electron chi connectivity index (χ0n) is 17.5. The molecular weight excluding hydrogens is 431 g/mol. The smallest absolute Gasteiger partial charge is 0.257 e. The third-order valence-electron chi connectivity index (χ3n) is 5.15. The Bertz CT molecular complexity index is 1270. The Kier molecular flexibility index (Phi) is 6.09. The van der Waals surface area contributed by atoms with Crippen LogP contribution in [-0.2, 0) is 15.3 Å². The van der Waals surface area contributed by atoms with E-state index in [1.54, 1.807) is 18.2 Å². The molecule has 32 heavy (non-hydrogen) atoms. The molecule has 4 rings (SSSR count). The monoisotopic (exact) mass is 452 g/mol. The zero-order chi connectivity index (χ0) is 22.8. The SMILES string of the molecule is Cc1ccc(NC(=O)[C@@H]2CC(=O)Nc3nc(SCc4cccc(F)c4)[nH]c(=O)c32)c(C)c1. The molecule has 0 radical (unpaired) electrons. The summed E-state index contributed by atoms with van der Waals surface area (Å²) in [6, 6.07) is 11.7. The fraction of sp³-hybridized carbons (Fsp3) is 0.217. The van der Waals surface area contributed by atoms with Crippen molar-refractivity contribution in [2.45, 2.75) is 37.1 Å². The maximum Gasteiger partial charge on any atom is 0.257 e. The average molecular weight is 453 g/mol. The summed E-state index contributed by atoms with van der Waals surface area (Å²) in [5.41, 5.74) is 2.94. The number of halogens is 1. The van der Waals surface area contributed by atoms with Gasteiger partial charge in [-0.05, 0) is 43.2 Å². The largest absolute Gasteiger partial charge is 0.325 e. The minimum absolute atomic E-state index is 0.0764. The number of nitrogens with one attached hydrogen (secondary N) is 3. The molecular formula is C23H21FN4O3S. The van der Waals surface area contributed by atoms with E-state index in [9.17, 15) is 18.8 Å². The number of aryl methyl sites for hydroxylation is 2. The van der Waals surface area contributed by atoms with Crippen LogP contribution in [0, 0.1) is 19.7 Å². The predicted molar refractivity (Wildman–Crippen MR) is 121 cm³/mol. The number of aromatic nitrogens is 2. The number of nitrogens with zero attached hydrogens (tertiary/aromatic N) is 1. The Morgan fingerprint density at radius 2 is 2.03 bits per heavy atom. The van der Waals surface area contributed by atoms with Gasteiger partial charge in [0, 0.05) is 17.9 Å². The second-order valence-electron chi connectivity index (χ2n) is 7.66. The lowest BCUT2D eigenvalue weighted by Gasteiger charge is -2.24. The van der Waals surface area contributed by atoms with Crippen LogP contribution >= 0.6 is 11.8 Å². The topological polar surface area (TPSA) is 104 Å². The van der Waals surface area contributed by atoms with E-state index < -0.39 is 23.3 Å². The van der Waals surface area contributed by atoms with E-state index >= 15 is 0 Å². The molecule has 9 heteroatoms. The number of hydrogen-bond acceptors (Lipinski definition) is 5. The molecule has 164 valence electrons. The van der Waals surface area contributed by atoms with Crippen molar-refractivity contribution >= 4 is 35.1 Å². The minimum Gasteiger partial charge on any atom is -0.325 e. The minimum atomic E-state index is -0.960. The summed E-state index contributed by atoms with van der Waals surface area (Å²) in [5.74, 6) is -1.69. The molecule has 1 aliphatic rings. The highest BCUT2D eigenvalue weighted by Gasteiger charge is 2.35. The van der Waals surface area contributed by atoms with Gasteiger partial charge < -0.3 is 15.6 Å². The molecule has 3 aromatic rings. The number of rotatable bonds is 5. The molecule has 0 saturated carbocycles. The van der Waals surface area contributed by atoms with Crippen molar-refractivity contribution in [3.05, 3.63) is 80.9 Å². The fourth-order valence-electron chi connectivity index (χ4n) is 3.60. The molecule has 0 spiro atoms. The van der Waals surface area contributed by atoms with Gasteiger partial charge in [-0.2, -0.15) is 0 Å². The first-order chi connectivity index (χ1) is 15.3. The molecule has 2 heterocycles. The highest BCUT2D eigenvalue weighted by Crippen LogP contribution is 2.31. The van der Waals surface area contributed by atoms with Gasteiger partial charge in [0.15, 0.2) is 5.16 Å². The number of benzene rings is 2. The van der Waals surface area contributed by atoms with Gasteiger partial charge in [0.1, 0.15) is 11.6 Å². The van der Waals surface area contributed by atoms with E-state index in [4.69, 9.17) is 0 Å². The van der Waals surface area contributed by atoms with Crippen LogP contribution < -0.4 is 16.2 Å². The quantitative estimate of drug-likeness (QED) is 0.403. The molecule has 2 aromatic carbocycles. The van der Waals surface area contributed by atoms with Crippen LogP contribution in [-0.4, -0.2) is 21.8 Å². The second-order valence-corrected chi connectivity index (χ2v) is 8.63. The lowest BCUT2D eigenvalue weighted by atomic mass is 9.92. The van der Waals surface area contributed by atoms with Gasteiger partial charge in [0.05, 0.1) is 11.5 Å². The summed E-state index contributed by atoms with van der Waals surface area (Å²) in [7, 11) is 0. The molecule has 1 atom stereocenters. The highest BCUT2D eigenvalue weighted by atomic mass is 32.2. The molecule has 1 aliphatic heterocycles. The number of thioether (sulfide) groups is 1. The summed E-state index contributed by atoms with van der Waals surface area (Å²) in [6.45, 7) is 3.83. The fourth-order valence-corrected chi connectivity index (χ4v) is 4.40. The van der Waals surface area contributed by atoms with Crippen molar-refractivity contribution in [3.63, 3.8) is 0 Å². The van der Waals surface area contributed by atoms with E-state index in [0.717, 1.165) is 16.7 Å². The Morgan fingerprint density at radius 3 is 2.78 bits per heavy atom. The number of fused-ring (bicyclic) bond motifs is 1. The number of carbonyl (C=O) groups excluding carboxylic acids is 2. The van der Waals surface area contributed by atoms with Crippen LogP contribution in [0.4, 0.5) is 15.9 Å². The Hall–Kier alpha value is -3.46. The number of aromatic amines is 1. The number of H-pyrrole nitrogens is 1. The van der Waals surface area contributed by atoms with Crippen LogP contribution in [0.5, 0.6) is 0 Å². The molecule has 0 aliphatic carbocycles. The molecule has 3 N–H and O–H groups in total. The third-order valence-corrected chi connectivity index (χ3v) is 6.09. The number of amides is 2. The summed E-state index contributed by atoms with van der Waals surface area (Å²) in [4.78, 5) is 45.1. The maximum absolute atomic E-state index is 13.4. The van der Waals surface area contributed by atoms with E-state index in [-0.39, 0.29) is 28.8 Å².